The van der Waals surface area contributed by atoms with E-state index < -0.39 is 0 Å². The number of aromatic nitrogens is 1. The summed E-state index contributed by atoms with van der Waals surface area (Å²) in [6.45, 7) is 21.9. The number of carbonyl (C=O) groups excluding carboxylic acids is 1. The first-order valence-corrected chi connectivity index (χ1v) is 17.2. The molecule has 47 heavy (non-hydrogen) atoms. The average molecular weight is 822 g/mol. The van der Waals surface area contributed by atoms with E-state index in [1.165, 1.54) is 37.6 Å². The van der Waals surface area contributed by atoms with Gasteiger partial charge in [-0.05, 0) is 61.6 Å². The maximum Gasteiger partial charge on any atom is 0.187 e. The minimum absolute atomic E-state index is 0. The van der Waals surface area contributed by atoms with Crippen molar-refractivity contribution < 1.29 is 30.0 Å². The van der Waals surface area contributed by atoms with E-state index in [-0.39, 0.29) is 43.5 Å². The first-order valence-electron chi connectivity index (χ1n) is 16.4. The molecule has 0 aliphatic heterocycles. The number of rotatable bonds is 10. The minimum atomic E-state index is 0. The van der Waals surface area contributed by atoms with E-state index in [1.807, 2.05) is 46.0 Å². The van der Waals surface area contributed by atoms with E-state index in [1.54, 1.807) is 11.3 Å². The first-order chi connectivity index (χ1) is 22.1. The van der Waals surface area contributed by atoms with E-state index in [4.69, 9.17) is 11.6 Å². The second-order valence-electron chi connectivity index (χ2n) is 12.1. The molecule has 0 amide bonds. The molecule has 0 aliphatic carbocycles. The van der Waals surface area contributed by atoms with Crippen LogP contribution in [0.1, 0.15) is 84.3 Å². The van der Waals surface area contributed by atoms with Gasteiger partial charge in [0.25, 0.3) is 0 Å². The van der Waals surface area contributed by atoms with Crippen LogP contribution in [0.25, 0.3) is 47.4 Å². The molecule has 0 saturated carbocycles. The molecule has 5 aromatic rings. The summed E-state index contributed by atoms with van der Waals surface area (Å²) in [5.74, 6) is 0.964. The van der Waals surface area contributed by atoms with Gasteiger partial charge < -0.3 is 5.11 Å². The molecular formula is C41H45IrN2O2S-. The third-order valence-corrected chi connectivity index (χ3v) is 10.00. The molecule has 2 heterocycles. The van der Waals surface area contributed by atoms with Crippen molar-refractivity contribution in [3.63, 3.8) is 0 Å². The maximum atomic E-state index is 11.7. The van der Waals surface area contributed by atoms with Gasteiger partial charge in [0.1, 0.15) is 0 Å². The number of carbonyl (C=O) groups is 1. The van der Waals surface area contributed by atoms with E-state index in [9.17, 15) is 9.90 Å². The SMILES string of the molecule is CCC(CC)C(=O)/C=C(\O)C(CC)CC.[C-]#[N+]c1ccc(-c2cc3ccnc(-c4[c-]c5ccccc5c(C(C)C)c4)c3s2)c(C)c1.[Ir]. The van der Waals surface area contributed by atoms with E-state index in [0.29, 0.717) is 11.6 Å². The average Bonchev–Trinajstić information content (AvgIpc) is 3.49. The zero-order valence-corrected chi connectivity index (χ0v) is 31.7. The molecule has 6 heteroatoms. The van der Waals surface area contributed by atoms with E-state index in [0.717, 1.165) is 47.9 Å². The monoisotopic (exact) mass is 822 g/mol. The van der Waals surface area contributed by atoms with Crippen molar-refractivity contribution in [2.45, 2.75) is 80.1 Å². The van der Waals surface area contributed by atoms with Crippen LogP contribution in [0.3, 0.4) is 0 Å². The summed E-state index contributed by atoms with van der Waals surface area (Å²) in [7, 11) is 0. The Hall–Kier alpha value is -3.62. The van der Waals surface area contributed by atoms with Crippen molar-refractivity contribution in [3.05, 3.63) is 107 Å². The first kappa shape index (κ1) is 37.8. The van der Waals surface area contributed by atoms with Crippen LogP contribution >= 0.6 is 11.3 Å². The number of pyridine rings is 1. The fraction of sp³-hybridized carbons (Fsp3) is 0.341. The van der Waals surface area contributed by atoms with Gasteiger partial charge in [-0.3, -0.25) is 9.78 Å². The molecule has 1 N–H and O–H groups in total. The molecule has 2 aromatic heterocycles. The van der Waals surface area contributed by atoms with Crippen LogP contribution in [0.5, 0.6) is 0 Å². The third kappa shape index (κ3) is 8.85. The molecule has 1 radical (unpaired) electrons. The van der Waals surface area contributed by atoms with Gasteiger partial charge >= 0.3 is 0 Å². The number of thiophene rings is 1. The van der Waals surface area contributed by atoms with Crippen LogP contribution in [-0.2, 0) is 24.9 Å². The smallest absolute Gasteiger partial charge is 0.187 e. The number of hydrogen-bond acceptors (Lipinski definition) is 4. The topological polar surface area (TPSA) is 54.5 Å². The molecule has 0 bridgehead atoms. The predicted molar refractivity (Wildman–Crippen MR) is 196 cm³/mol. The second kappa shape index (κ2) is 17.5. The molecule has 0 spiro atoms. The van der Waals surface area contributed by atoms with Crippen molar-refractivity contribution in [2.75, 3.05) is 0 Å². The summed E-state index contributed by atoms with van der Waals surface area (Å²) in [5, 5.41) is 13.3. The van der Waals surface area contributed by atoms with Crippen LogP contribution in [-0.4, -0.2) is 15.9 Å². The number of ketones is 1. The Morgan fingerprint density at radius 2 is 1.66 bits per heavy atom. The summed E-state index contributed by atoms with van der Waals surface area (Å²) < 4.78 is 1.17. The van der Waals surface area contributed by atoms with Gasteiger partial charge in [0.15, 0.2) is 11.5 Å². The van der Waals surface area contributed by atoms with Gasteiger partial charge in [0, 0.05) is 59.5 Å². The molecule has 4 nitrogen and oxygen atoms in total. The van der Waals surface area contributed by atoms with Gasteiger partial charge in [-0.2, -0.15) is 0 Å². The van der Waals surface area contributed by atoms with Crippen molar-refractivity contribution >= 4 is 43.7 Å². The third-order valence-electron chi connectivity index (χ3n) is 8.80. The largest absolute Gasteiger partial charge is 0.512 e. The van der Waals surface area contributed by atoms with Crippen LogP contribution < -0.4 is 0 Å². The molecule has 5 rings (SSSR count). The van der Waals surface area contributed by atoms with E-state index in [2.05, 4.69) is 80.2 Å². The van der Waals surface area contributed by atoms with Crippen LogP contribution in [0.4, 0.5) is 5.69 Å². The Balaban J connectivity index is 0.000000322. The summed E-state index contributed by atoms with van der Waals surface area (Å²) >= 11 is 1.76. The van der Waals surface area contributed by atoms with Crippen LogP contribution in [0.2, 0.25) is 0 Å². The zero-order chi connectivity index (χ0) is 33.4. The fourth-order valence-corrected chi connectivity index (χ4v) is 7.18. The Kier molecular flexibility index (Phi) is 14.1. The number of benzene rings is 3. The van der Waals surface area contributed by atoms with Crippen molar-refractivity contribution in [1.29, 1.82) is 0 Å². The molecule has 0 unspecified atom stereocenters. The second-order valence-corrected chi connectivity index (χ2v) is 13.2. The Morgan fingerprint density at radius 3 is 2.28 bits per heavy atom. The van der Waals surface area contributed by atoms with Crippen LogP contribution in [0, 0.1) is 31.4 Å². The Labute approximate surface area is 298 Å². The van der Waals surface area contributed by atoms with Gasteiger partial charge in [-0.25, -0.2) is 4.85 Å². The molecule has 0 fully saturated rings. The molecule has 247 valence electrons. The molecule has 0 saturated heterocycles. The molecular weight excluding hydrogens is 777 g/mol. The van der Waals surface area contributed by atoms with Gasteiger partial charge in [0.2, 0.25) is 0 Å². The standard InChI is InChI=1S/C28H21N2S.C13H24O2.Ir/c1-17(2)25-15-21(14-19-7-5-6-8-24(19)25)27-28-20(11-12-30-27)16-26(31-28)23-10-9-22(29-4)13-18(23)3;1-5-10(6-2)12(14)9-13(15)11(7-3)8-4;/h5-13,15-17H,1-3H3;9-11,14H,5-8H2,1-4H3;/q-1;;/b;12-9-;. The number of allylic oxidation sites excluding steroid dienone is 2. The number of aryl methyl sites for hydroxylation is 1. The molecule has 0 aliphatic rings. The van der Waals surface area contributed by atoms with Gasteiger partial charge in [-0.1, -0.05) is 94.5 Å². The van der Waals surface area contributed by atoms with Crippen LogP contribution in [0.15, 0.2) is 78.7 Å². The fourth-order valence-electron chi connectivity index (χ4n) is 5.93. The Bertz CT molecular complexity index is 1890. The van der Waals surface area contributed by atoms with Gasteiger partial charge in [0.05, 0.1) is 12.3 Å². The number of aliphatic hydroxyl groups is 1. The summed E-state index contributed by atoms with van der Waals surface area (Å²) in [4.78, 5) is 21.2. The Morgan fingerprint density at radius 1 is 0.979 bits per heavy atom. The molecule has 0 atom stereocenters. The normalized spacial score (nSPS) is 11.5. The zero-order valence-electron chi connectivity index (χ0n) is 28.5. The number of nitrogens with zero attached hydrogens (tertiary/aromatic N) is 2. The number of hydrogen-bond donors (Lipinski definition) is 1. The summed E-state index contributed by atoms with van der Waals surface area (Å²) in [6.07, 6.45) is 6.80. The van der Waals surface area contributed by atoms with Crippen molar-refractivity contribution in [3.8, 4) is 21.7 Å². The summed E-state index contributed by atoms with van der Waals surface area (Å²) in [5.41, 5.74) is 6.32. The number of aliphatic hydroxyl groups excluding tert-OH is 1. The van der Waals surface area contributed by atoms with Crippen molar-refractivity contribution in [2.24, 2.45) is 11.8 Å². The summed E-state index contributed by atoms with van der Waals surface area (Å²) in [6, 6.07) is 24.6. The molecule has 3 aromatic carbocycles. The maximum absolute atomic E-state index is 11.7. The van der Waals surface area contributed by atoms with Crippen molar-refractivity contribution in [1.82, 2.24) is 4.98 Å². The number of fused-ring (bicyclic) bond motifs is 2. The van der Waals surface area contributed by atoms with E-state index >= 15 is 0 Å². The van der Waals surface area contributed by atoms with Gasteiger partial charge in [-0.15, -0.1) is 40.5 Å². The quantitative estimate of drug-likeness (QED) is 0.0867. The predicted octanol–water partition coefficient (Wildman–Crippen LogP) is 12.4. The minimum Gasteiger partial charge on any atom is -0.512 e.